The highest BCUT2D eigenvalue weighted by Crippen LogP contribution is 2.26. The maximum Gasteiger partial charge on any atom is 0.226 e. The lowest BCUT2D eigenvalue weighted by Crippen LogP contribution is -2.45. The van der Waals surface area contributed by atoms with Gasteiger partial charge < -0.3 is 14.4 Å². The van der Waals surface area contributed by atoms with E-state index in [0.29, 0.717) is 26.4 Å². The summed E-state index contributed by atoms with van der Waals surface area (Å²) in [5, 5.41) is 4.40. The summed E-state index contributed by atoms with van der Waals surface area (Å²) >= 11 is 0. The van der Waals surface area contributed by atoms with E-state index in [1.54, 1.807) is 7.11 Å². The largest absolute Gasteiger partial charge is 0.385 e. The molecule has 3 rings (SSSR count). The van der Waals surface area contributed by atoms with Crippen LogP contribution in [0.2, 0.25) is 0 Å². The molecule has 1 saturated heterocycles. The maximum atomic E-state index is 12.7. The average Bonchev–Trinajstić information content (AvgIpc) is 3.01. The summed E-state index contributed by atoms with van der Waals surface area (Å²) in [6.45, 7) is 3.49. The van der Waals surface area contributed by atoms with Crippen molar-refractivity contribution in [1.82, 2.24) is 14.7 Å². The number of hydrogen-bond acceptors (Lipinski definition) is 4. The molecular weight excluding hydrogens is 270 g/mol. The van der Waals surface area contributed by atoms with Crippen molar-refractivity contribution in [1.29, 1.82) is 0 Å². The molecule has 1 amide bonds. The van der Waals surface area contributed by atoms with E-state index in [1.165, 1.54) is 0 Å². The molecule has 6 nitrogen and oxygen atoms in total. The van der Waals surface area contributed by atoms with E-state index in [0.717, 1.165) is 31.5 Å². The first kappa shape index (κ1) is 14.5. The maximum absolute atomic E-state index is 12.7. The molecule has 116 valence electrons. The molecule has 6 heteroatoms. The van der Waals surface area contributed by atoms with Gasteiger partial charge in [0, 0.05) is 45.6 Å². The molecule has 0 bridgehead atoms. The number of rotatable bonds is 4. The van der Waals surface area contributed by atoms with E-state index in [1.807, 2.05) is 21.8 Å². The highest BCUT2D eigenvalue weighted by atomic mass is 16.5. The first-order valence-corrected chi connectivity index (χ1v) is 7.67. The number of fused-ring (bicyclic) bond motifs is 1. The van der Waals surface area contributed by atoms with Crippen LogP contribution in [-0.2, 0) is 20.8 Å². The lowest BCUT2D eigenvalue weighted by atomic mass is 9.97. The monoisotopic (exact) mass is 293 g/mol. The van der Waals surface area contributed by atoms with E-state index in [-0.39, 0.29) is 17.9 Å². The van der Waals surface area contributed by atoms with Crippen LogP contribution in [-0.4, -0.2) is 54.1 Å². The van der Waals surface area contributed by atoms with Gasteiger partial charge in [0.2, 0.25) is 5.91 Å². The zero-order chi connectivity index (χ0) is 14.7. The topological polar surface area (TPSA) is 56.6 Å². The quantitative estimate of drug-likeness (QED) is 0.838. The summed E-state index contributed by atoms with van der Waals surface area (Å²) in [4.78, 5) is 14.7. The average molecular weight is 293 g/mol. The number of carbonyl (C=O) groups is 1. The Bertz CT molecular complexity index is 482. The summed E-state index contributed by atoms with van der Waals surface area (Å²) in [5.74, 6) is 0.393. The Morgan fingerprint density at radius 3 is 3.05 bits per heavy atom. The van der Waals surface area contributed by atoms with Gasteiger partial charge in [-0.15, -0.1) is 0 Å². The Labute approximate surface area is 125 Å². The third-order valence-electron chi connectivity index (χ3n) is 4.42. The van der Waals surface area contributed by atoms with E-state index < -0.39 is 0 Å². The van der Waals surface area contributed by atoms with Crippen LogP contribution in [0.4, 0.5) is 0 Å². The molecule has 21 heavy (non-hydrogen) atoms. The van der Waals surface area contributed by atoms with Gasteiger partial charge in [0.05, 0.1) is 18.3 Å². The van der Waals surface area contributed by atoms with Gasteiger partial charge >= 0.3 is 0 Å². The first-order valence-electron chi connectivity index (χ1n) is 7.67. The van der Waals surface area contributed by atoms with Crippen molar-refractivity contribution in [3.63, 3.8) is 0 Å². The molecule has 0 aliphatic carbocycles. The van der Waals surface area contributed by atoms with Crippen molar-refractivity contribution < 1.29 is 14.3 Å². The minimum atomic E-state index is 0.122. The smallest absolute Gasteiger partial charge is 0.226 e. The van der Waals surface area contributed by atoms with Crippen LogP contribution in [0, 0.1) is 5.92 Å². The number of amides is 1. The van der Waals surface area contributed by atoms with Crippen LogP contribution in [0.1, 0.15) is 31.0 Å². The molecule has 0 saturated carbocycles. The molecule has 0 unspecified atom stereocenters. The van der Waals surface area contributed by atoms with Gasteiger partial charge in [-0.3, -0.25) is 9.48 Å². The molecule has 1 aromatic heterocycles. The van der Waals surface area contributed by atoms with E-state index in [9.17, 15) is 4.79 Å². The second-order valence-corrected chi connectivity index (χ2v) is 5.81. The third-order valence-corrected chi connectivity index (χ3v) is 4.42. The van der Waals surface area contributed by atoms with Crippen LogP contribution in [0.15, 0.2) is 12.3 Å². The fourth-order valence-corrected chi connectivity index (χ4v) is 3.23. The molecule has 3 heterocycles. The number of aromatic nitrogens is 2. The minimum absolute atomic E-state index is 0.122. The Morgan fingerprint density at radius 1 is 1.48 bits per heavy atom. The zero-order valence-corrected chi connectivity index (χ0v) is 12.5. The van der Waals surface area contributed by atoms with Gasteiger partial charge in [0.1, 0.15) is 0 Å². The standard InChI is InChI=1S/C15H23N3O3/c1-20-7-5-14-11-17(10-13-2-6-16-18(13)14)15(19)12-3-8-21-9-4-12/h2,6,12,14H,3-5,7-11H2,1H3/t14-/m1/s1. The van der Waals surface area contributed by atoms with Crippen LogP contribution in [0.25, 0.3) is 0 Å². The highest BCUT2D eigenvalue weighted by Gasteiger charge is 2.32. The molecule has 0 aromatic carbocycles. The Balaban J connectivity index is 1.71. The third kappa shape index (κ3) is 3.11. The molecule has 0 spiro atoms. The van der Waals surface area contributed by atoms with Gasteiger partial charge in [-0.05, 0) is 25.3 Å². The Hall–Kier alpha value is -1.40. The zero-order valence-electron chi connectivity index (χ0n) is 12.5. The van der Waals surface area contributed by atoms with E-state index >= 15 is 0 Å². The number of nitrogens with zero attached hydrogens (tertiary/aromatic N) is 3. The summed E-state index contributed by atoms with van der Waals surface area (Å²) in [7, 11) is 1.71. The second kappa shape index (κ2) is 6.58. The van der Waals surface area contributed by atoms with Crippen molar-refractivity contribution in [2.75, 3.05) is 33.5 Å². The highest BCUT2D eigenvalue weighted by molar-refractivity contribution is 5.79. The van der Waals surface area contributed by atoms with Crippen molar-refractivity contribution in [3.8, 4) is 0 Å². The van der Waals surface area contributed by atoms with Crippen LogP contribution >= 0.6 is 0 Å². The van der Waals surface area contributed by atoms with Crippen molar-refractivity contribution in [2.45, 2.75) is 31.8 Å². The van der Waals surface area contributed by atoms with Gasteiger partial charge in [0.15, 0.2) is 0 Å². The number of hydrogen-bond donors (Lipinski definition) is 0. The van der Waals surface area contributed by atoms with Crippen LogP contribution in [0.3, 0.4) is 0 Å². The summed E-state index contributed by atoms with van der Waals surface area (Å²) in [6.07, 6.45) is 4.38. The number of methoxy groups -OCH3 is 1. The van der Waals surface area contributed by atoms with Crippen molar-refractivity contribution in [2.24, 2.45) is 5.92 Å². The summed E-state index contributed by atoms with van der Waals surface area (Å²) < 4.78 is 12.6. The van der Waals surface area contributed by atoms with Crippen LogP contribution in [0.5, 0.6) is 0 Å². The SMILES string of the molecule is COCC[C@@H]1CN(C(=O)C2CCOCC2)Cc2ccnn21. The molecular formula is C15H23N3O3. The molecule has 1 aromatic rings. The predicted octanol–water partition coefficient (Wildman–Crippen LogP) is 1.23. The fraction of sp³-hybridized carbons (Fsp3) is 0.733. The molecule has 2 aliphatic rings. The normalized spacial score (nSPS) is 23.1. The predicted molar refractivity (Wildman–Crippen MR) is 76.7 cm³/mol. The lowest BCUT2D eigenvalue weighted by Gasteiger charge is -2.36. The molecule has 0 N–H and O–H groups in total. The fourth-order valence-electron chi connectivity index (χ4n) is 3.23. The first-order chi connectivity index (χ1) is 10.3. The Kier molecular flexibility index (Phi) is 4.55. The molecule has 0 radical (unpaired) electrons. The van der Waals surface area contributed by atoms with Crippen molar-refractivity contribution >= 4 is 5.91 Å². The number of carbonyl (C=O) groups excluding carboxylic acids is 1. The molecule has 1 fully saturated rings. The van der Waals surface area contributed by atoms with E-state index in [2.05, 4.69) is 5.10 Å². The van der Waals surface area contributed by atoms with Gasteiger partial charge in [-0.2, -0.15) is 5.10 Å². The van der Waals surface area contributed by atoms with E-state index in [4.69, 9.17) is 9.47 Å². The Morgan fingerprint density at radius 2 is 2.29 bits per heavy atom. The van der Waals surface area contributed by atoms with Crippen LogP contribution < -0.4 is 0 Å². The number of ether oxygens (including phenoxy) is 2. The van der Waals surface area contributed by atoms with Crippen molar-refractivity contribution in [3.05, 3.63) is 18.0 Å². The minimum Gasteiger partial charge on any atom is -0.385 e. The lowest BCUT2D eigenvalue weighted by molar-refractivity contribution is -0.140. The van der Waals surface area contributed by atoms with Gasteiger partial charge in [-0.25, -0.2) is 0 Å². The summed E-state index contributed by atoms with van der Waals surface area (Å²) in [6, 6.07) is 2.22. The summed E-state index contributed by atoms with van der Waals surface area (Å²) in [5.41, 5.74) is 1.11. The molecule has 1 atom stereocenters. The molecule has 2 aliphatic heterocycles. The second-order valence-electron chi connectivity index (χ2n) is 5.81. The van der Waals surface area contributed by atoms with Gasteiger partial charge in [0.25, 0.3) is 0 Å². The van der Waals surface area contributed by atoms with Gasteiger partial charge in [-0.1, -0.05) is 0 Å².